The second-order valence-corrected chi connectivity index (χ2v) is 9.73. The van der Waals surface area contributed by atoms with Crippen molar-refractivity contribution in [3.8, 4) is 11.1 Å². The first-order valence-electron chi connectivity index (χ1n) is 11.5. The maximum Gasteiger partial charge on any atom is 0.407 e. The molecule has 0 radical (unpaired) electrons. The van der Waals surface area contributed by atoms with Crippen molar-refractivity contribution in [3.05, 3.63) is 59.7 Å². The van der Waals surface area contributed by atoms with Gasteiger partial charge in [0.1, 0.15) is 12.6 Å². The van der Waals surface area contributed by atoms with Gasteiger partial charge < -0.3 is 20.1 Å². The highest BCUT2D eigenvalue weighted by Crippen LogP contribution is 2.44. The number of carboxylic acid groups (broad SMARTS) is 1. The number of benzene rings is 2. The average molecular weight is 487 g/mol. The molecular formula is C26H28F2N2O5. The Hall–Kier alpha value is -3.49. The molecule has 2 aromatic rings. The SMILES string of the molecule is CC(C)(CCNC(=O)OCC1c2ccccc2-c2ccccc21)C(=O)N1CC(F)(F)C[C@H]1C(=O)O. The lowest BCUT2D eigenvalue weighted by Crippen LogP contribution is -2.47. The van der Waals surface area contributed by atoms with Gasteiger partial charge in [0, 0.05) is 24.3 Å². The van der Waals surface area contributed by atoms with Crippen molar-refractivity contribution < 1.29 is 33.0 Å². The minimum absolute atomic E-state index is 0.0669. The summed E-state index contributed by atoms with van der Waals surface area (Å²) in [7, 11) is 0. The number of likely N-dealkylation sites (tertiary alicyclic amines) is 1. The summed E-state index contributed by atoms with van der Waals surface area (Å²) < 4.78 is 33.0. The summed E-state index contributed by atoms with van der Waals surface area (Å²) >= 11 is 0. The van der Waals surface area contributed by atoms with Gasteiger partial charge in [-0.25, -0.2) is 18.4 Å². The van der Waals surface area contributed by atoms with Crippen LogP contribution in [0.2, 0.25) is 0 Å². The second kappa shape index (κ2) is 9.28. The molecule has 9 heteroatoms. The number of rotatable bonds is 7. The molecule has 35 heavy (non-hydrogen) atoms. The number of fused-ring (bicyclic) bond motifs is 3. The van der Waals surface area contributed by atoms with Crippen LogP contribution < -0.4 is 5.32 Å². The molecule has 7 nitrogen and oxygen atoms in total. The number of carbonyl (C=O) groups excluding carboxylic acids is 2. The summed E-state index contributed by atoms with van der Waals surface area (Å²) in [6.45, 7) is 2.38. The van der Waals surface area contributed by atoms with E-state index in [1.165, 1.54) is 0 Å². The molecule has 2 amide bonds. The molecule has 0 unspecified atom stereocenters. The maximum absolute atomic E-state index is 13.8. The third kappa shape index (κ3) is 4.99. The molecular weight excluding hydrogens is 458 g/mol. The number of alkyl halides is 2. The Bertz CT molecular complexity index is 1100. The van der Waals surface area contributed by atoms with E-state index in [0.29, 0.717) is 0 Å². The van der Waals surface area contributed by atoms with E-state index in [1.54, 1.807) is 13.8 Å². The number of nitrogens with one attached hydrogen (secondary N) is 1. The Labute approximate surface area is 202 Å². The third-order valence-electron chi connectivity index (χ3n) is 6.76. The van der Waals surface area contributed by atoms with Crippen LogP contribution in [0.15, 0.2) is 48.5 Å². The summed E-state index contributed by atoms with van der Waals surface area (Å²) in [5.74, 6) is -5.47. The van der Waals surface area contributed by atoms with Gasteiger partial charge in [-0.3, -0.25) is 4.79 Å². The van der Waals surface area contributed by atoms with E-state index in [9.17, 15) is 28.3 Å². The highest BCUT2D eigenvalue weighted by molar-refractivity contribution is 5.88. The fourth-order valence-corrected chi connectivity index (χ4v) is 4.87. The number of hydrogen-bond acceptors (Lipinski definition) is 4. The lowest BCUT2D eigenvalue weighted by molar-refractivity contribution is -0.152. The molecule has 2 aromatic carbocycles. The molecule has 1 heterocycles. The molecule has 0 spiro atoms. The van der Waals surface area contributed by atoms with Gasteiger partial charge >= 0.3 is 12.1 Å². The molecule has 0 saturated carbocycles. The number of hydrogen-bond donors (Lipinski definition) is 2. The number of alkyl carbamates (subject to hydrolysis) is 1. The zero-order valence-electron chi connectivity index (χ0n) is 19.6. The van der Waals surface area contributed by atoms with Crippen molar-refractivity contribution in [2.24, 2.45) is 5.41 Å². The van der Waals surface area contributed by atoms with Crippen LogP contribution in [-0.4, -0.2) is 59.6 Å². The van der Waals surface area contributed by atoms with E-state index in [-0.39, 0.29) is 25.5 Å². The molecule has 1 aliphatic carbocycles. The Morgan fingerprint density at radius 3 is 2.23 bits per heavy atom. The van der Waals surface area contributed by atoms with E-state index < -0.39 is 48.3 Å². The van der Waals surface area contributed by atoms with Crippen LogP contribution in [0.5, 0.6) is 0 Å². The first-order valence-corrected chi connectivity index (χ1v) is 11.5. The van der Waals surface area contributed by atoms with Crippen molar-refractivity contribution >= 4 is 18.0 Å². The average Bonchev–Trinajstić information content (AvgIpc) is 3.31. The van der Waals surface area contributed by atoms with Crippen LogP contribution in [0.1, 0.15) is 43.7 Å². The molecule has 4 rings (SSSR count). The van der Waals surface area contributed by atoms with E-state index in [4.69, 9.17) is 4.74 Å². The van der Waals surface area contributed by atoms with E-state index in [2.05, 4.69) is 5.32 Å². The summed E-state index contributed by atoms with van der Waals surface area (Å²) in [5, 5.41) is 11.9. The minimum atomic E-state index is -3.24. The van der Waals surface area contributed by atoms with Crippen LogP contribution in [0.3, 0.4) is 0 Å². The number of aliphatic carboxylic acids is 1. The van der Waals surface area contributed by atoms with Crippen LogP contribution >= 0.6 is 0 Å². The lowest BCUT2D eigenvalue weighted by Gasteiger charge is -2.31. The van der Waals surface area contributed by atoms with Gasteiger partial charge in [-0.2, -0.15) is 0 Å². The first kappa shape index (κ1) is 24.6. The fourth-order valence-electron chi connectivity index (χ4n) is 4.87. The Morgan fingerprint density at radius 2 is 1.66 bits per heavy atom. The summed E-state index contributed by atoms with van der Waals surface area (Å²) in [6.07, 6.45) is -1.42. The molecule has 0 bridgehead atoms. The Morgan fingerprint density at radius 1 is 1.09 bits per heavy atom. The maximum atomic E-state index is 13.8. The molecule has 1 saturated heterocycles. The standard InChI is InChI=1S/C26H28F2N2O5/c1-25(2,23(33)30-15-26(27,28)13-21(30)22(31)32)11-12-29-24(34)35-14-20-18-9-5-3-7-16(18)17-8-4-6-10-19(17)20/h3-10,20-21H,11-15H2,1-2H3,(H,29,34)(H,31,32)/t21-/m0/s1. The highest BCUT2D eigenvalue weighted by Gasteiger charge is 2.52. The van der Waals surface area contributed by atoms with Crippen molar-refractivity contribution in [3.63, 3.8) is 0 Å². The number of amides is 2. The quantitative estimate of drug-likeness (QED) is 0.610. The number of halogens is 2. The van der Waals surface area contributed by atoms with E-state index in [1.807, 2.05) is 48.5 Å². The topological polar surface area (TPSA) is 95.9 Å². The van der Waals surface area contributed by atoms with Crippen LogP contribution in [-0.2, 0) is 14.3 Å². The van der Waals surface area contributed by atoms with Gasteiger partial charge in [-0.15, -0.1) is 0 Å². The smallest absolute Gasteiger partial charge is 0.407 e. The predicted molar refractivity (Wildman–Crippen MR) is 124 cm³/mol. The normalized spacial score (nSPS) is 18.6. The van der Waals surface area contributed by atoms with Crippen LogP contribution in [0, 0.1) is 5.41 Å². The van der Waals surface area contributed by atoms with Gasteiger partial charge in [0.15, 0.2) is 0 Å². The first-order chi connectivity index (χ1) is 16.5. The molecule has 1 aliphatic heterocycles. The van der Waals surface area contributed by atoms with Gasteiger partial charge in [0.25, 0.3) is 5.92 Å². The number of carboxylic acids is 1. The van der Waals surface area contributed by atoms with Crippen molar-refractivity contribution in [1.29, 1.82) is 0 Å². The molecule has 1 atom stereocenters. The third-order valence-corrected chi connectivity index (χ3v) is 6.76. The molecule has 2 aliphatic rings. The van der Waals surface area contributed by atoms with E-state index in [0.717, 1.165) is 27.2 Å². The van der Waals surface area contributed by atoms with E-state index >= 15 is 0 Å². The van der Waals surface area contributed by atoms with Gasteiger partial charge in [-0.1, -0.05) is 62.4 Å². The highest BCUT2D eigenvalue weighted by atomic mass is 19.3. The van der Waals surface area contributed by atoms with Gasteiger partial charge in [-0.05, 0) is 28.7 Å². The second-order valence-electron chi connectivity index (χ2n) is 9.73. The monoisotopic (exact) mass is 486 g/mol. The van der Waals surface area contributed by atoms with Crippen molar-refractivity contribution in [2.75, 3.05) is 19.7 Å². The molecule has 0 aromatic heterocycles. The van der Waals surface area contributed by atoms with Gasteiger partial charge in [0.2, 0.25) is 5.91 Å². The number of carbonyl (C=O) groups is 3. The van der Waals surface area contributed by atoms with Gasteiger partial charge in [0.05, 0.1) is 6.54 Å². The van der Waals surface area contributed by atoms with Crippen molar-refractivity contribution in [1.82, 2.24) is 10.2 Å². The van der Waals surface area contributed by atoms with Crippen molar-refractivity contribution in [2.45, 2.75) is 44.6 Å². The summed E-state index contributed by atoms with van der Waals surface area (Å²) in [5.41, 5.74) is 3.26. The predicted octanol–water partition coefficient (Wildman–Crippen LogP) is 4.26. The zero-order chi connectivity index (χ0) is 25.4. The lowest BCUT2D eigenvalue weighted by atomic mass is 9.87. The minimum Gasteiger partial charge on any atom is -0.480 e. The Kier molecular flexibility index (Phi) is 6.53. The molecule has 186 valence electrons. The van der Waals surface area contributed by atoms with Crippen LogP contribution in [0.4, 0.5) is 13.6 Å². The molecule has 1 fully saturated rings. The number of ether oxygens (including phenoxy) is 1. The zero-order valence-corrected chi connectivity index (χ0v) is 19.6. The Balaban J connectivity index is 1.31. The summed E-state index contributed by atoms with van der Waals surface area (Å²) in [6, 6.07) is 14.4. The number of nitrogens with zero attached hydrogens (tertiary/aromatic N) is 1. The van der Waals surface area contributed by atoms with Crippen LogP contribution in [0.25, 0.3) is 11.1 Å². The largest absolute Gasteiger partial charge is 0.480 e. The fraction of sp³-hybridized carbons (Fsp3) is 0.423. The molecule has 2 N–H and O–H groups in total. The summed E-state index contributed by atoms with van der Waals surface area (Å²) in [4.78, 5) is 37.3.